The van der Waals surface area contributed by atoms with E-state index in [1.165, 1.54) is 30.3 Å². The lowest BCUT2D eigenvalue weighted by molar-refractivity contribution is -0.137. The fraction of sp³-hybridized carbons (Fsp3) is 0.150. The highest BCUT2D eigenvalue weighted by Crippen LogP contribution is 2.35. The Kier molecular flexibility index (Phi) is 5.88. The Morgan fingerprint density at radius 2 is 1.87 bits per heavy atom. The number of hydrogen-bond acceptors (Lipinski definition) is 9. The Labute approximate surface area is 168 Å². The lowest BCUT2D eigenvalue weighted by atomic mass is 10.1. The zero-order valence-corrected chi connectivity index (χ0v) is 15.4. The number of aliphatic carboxylic acids is 1. The maximum Gasteiger partial charge on any atom is 0.303 e. The number of phenols is 2. The number of benzene rings is 2. The minimum atomic E-state index is -1.07. The second-order valence-electron chi connectivity index (χ2n) is 6.37. The molecule has 3 rings (SSSR count). The topological polar surface area (TPSA) is 167 Å². The molecule has 30 heavy (non-hydrogen) atoms. The lowest BCUT2D eigenvalue weighted by Gasteiger charge is -2.13. The second kappa shape index (κ2) is 8.53. The molecular weight excluding hydrogens is 398 g/mol. The Hall–Kier alpha value is -4.05. The van der Waals surface area contributed by atoms with E-state index in [1.54, 1.807) is 0 Å². The molecule has 0 aliphatic carbocycles. The van der Waals surface area contributed by atoms with E-state index in [9.17, 15) is 29.7 Å². The van der Waals surface area contributed by atoms with Crippen LogP contribution >= 0.6 is 0 Å². The molecule has 2 aromatic carbocycles. The predicted octanol–water partition coefficient (Wildman–Crippen LogP) is 1.89. The summed E-state index contributed by atoms with van der Waals surface area (Å²) < 4.78 is 5.59. The van der Waals surface area contributed by atoms with Gasteiger partial charge in [0.05, 0.1) is 6.04 Å². The highest BCUT2D eigenvalue weighted by atomic mass is 16.6. The number of carbonyl (C=O) groups is 2. The standard InChI is InChI=1S/C20H17NO9/c22-9-11(3-6-16(25)26)21-30-13-7-14(24)17-15(8-13)29-20(19(28)18(17)27)10-1-4-12(23)5-2-10/h1-2,4-5,7-9,11,21,23-24,28H,3,6H2,(H,25,26)/t11-/m0/s1. The number of aromatic hydroxyl groups is 3. The van der Waals surface area contributed by atoms with Crippen molar-refractivity contribution in [2.75, 3.05) is 0 Å². The minimum absolute atomic E-state index is 0.0200. The van der Waals surface area contributed by atoms with Gasteiger partial charge in [-0.25, -0.2) is 0 Å². The van der Waals surface area contributed by atoms with Gasteiger partial charge in [-0.3, -0.25) is 9.59 Å². The van der Waals surface area contributed by atoms with Gasteiger partial charge in [0.1, 0.15) is 28.8 Å². The Morgan fingerprint density at radius 1 is 1.17 bits per heavy atom. The lowest BCUT2D eigenvalue weighted by Crippen LogP contribution is -2.33. The molecule has 5 N–H and O–H groups in total. The maximum absolute atomic E-state index is 12.5. The van der Waals surface area contributed by atoms with Crippen LogP contribution < -0.4 is 15.7 Å². The summed E-state index contributed by atoms with van der Waals surface area (Å²) in [6.45, 7) is 0. The van der Waals surface area contributed by atoms with Crippen molar-refractivity contribution in [2.45, 2.75) is 18.9 Å². The molecule has 0 unspecified atom stereocenters. The van der Waals surface area contributed by atoms with Crippen LogP contribution in [-0.2, 0) is 9.59 Å². The van der Waals surface area contributed by atoms with Gasteiger partial charge in [-0.05, 0) is 30.7 Å². The van der Waals surface area contributed by atoms with E-state index >= 15 is 0 Å². The number of hydrogen-bond donors (Lipinski definition) is 5. The van der Waals surface area contributed by atoms with Crippen molar-refractivity contribution in [3.05, 3.63) is 46.6 Å². The number of nitrogens with one attached hydrogen (secondary N) is 1. The van der Waals surface area contributed by atoms with Crippen molar-refractivity contribution in [3.8, 4) is 34.3 Å². The molecule has 10 heteroatoms. The third kappa shape index (κ3) is 4.33. The molecule has 0 amide bonds. The van der Waals surface area contributed by atoms with E-state index in [0.29, 0.717) is 11.8 Å². The first-order chi connectivity index (χ1) is 14.3. The molecule has 10 nitrogen and oxygen atoms in total. The van der Waals surface area contributed by atoms with Crippen molar-refractivity contribution < 1.29 is 39.3 Å². The van der Waals surface area contributed by atoms with Gasteiger partial charge < -0.3 is 34.5 Å². The fourth-order valence-electron chi connectivity index (χ4n) is 2.71. The zero-order chi connectivity index (χ0) is 21.8. The van der Waals surface area contributed by atoms with Crippen molar-refractivity contribution >= 4 is 23.2 Å². The Balaban J connectivity index is 1.96. The molecule has 0 radical (unpaired) electrons. The summed E-state index contributed by atoms with van der Waals surface area (Å²) in [6.07, 6.45) is 0.199. The van der Waals surface area contributed by atoms with Crippen LogP contribution in [0.5, 0.6) is 23.0 Å². The highest BCUT2D eigenvalue weighted by molar-refractivity contribution is 5.88. The zero-order valence-electron chi connectivity index (χ0n) is 15.4. The van der Waals surface area contributed by atoms with Gasteiger partial charge in [-0.15, -0.1) is 5.48 Å². The quantitative estimate of drug-likeness (QED) is 0.271. The normalized spacial score (nSPS) is 11.9. The number of carboxylic acids is 1. The van der Waals surface area contributed by atoms with Crippen molar-refractivity contribution in [1.29, 1.82) is 0 Å². The summed E-state index contributed by atoms with van der Waals surface area (Å²) >= 11 is 0. The smallest absolute Gasteiger partial charge is 0.303 e. The number of carbonyl (C=O) groups excluding carboxylic acids is 1. The third-order valence-corrected chi connectivity index (χ3v) is 4.22. The van der Waals surface area contributed by atoms with Crippen LogP contribution in [0.25, 0.3) is 22.3 Å². The van der Waals surface area contributed by atoms with E-state index in [1.807, 2.05) is 0 Å². The van der Waals surface area contributed by atoms with Gasteiger partial charge in [-0.2, -0.15) is 0 Å². The molecule has 0 saturated carbocycles. The largest absolute Gasteiger partial charge is 0.508 e. The van der Waals surface area contributed by atoms with Crippen LogP contribution in [0.15, 0.2) is 45.6 Å². The number of aldehydes is 1. The van der Waals surface area contributed by atoms with Crippen LogP contribution in [0.3, 0.4) is 0 Å². The molecule has 156 valence electrons. The summed E-state index contributed by atoms with van der Waals surface area (Å²) in [7, 11) is 0. The van der Waals surface area contributed by atoms with Crippen LogP contribution in [0.2, 0.25) is 0 Å². The molecule has 1 aromatic heterocycles. The summed E-state index contributed by atoms with van der Waals surface area (Å²) in [5.74, 6) is -2.54. The van der Waals surface area contributed by atoms with Crippen molar-refractivity contribution in [1.82, 2.24) is 5.48 Å². The third-order valence-electron chi connectivity index (χ3n) is 4.22. The molecule has 0 bridgehead atoms. The van der Waals surface area contributed by atoms with E-state index in [2.05, 4.69) is 5.48 Å². The summed E-state index contributed by atoms with van der Waals surface area (Å²) in [5, 5.41) is 38.2. The molecule has 0 aliphatic heterocycles. The van der Waals surface area contributed by atoms with Gasteiger partial charge in [0.15, 0.2) is 11.5 Å². The van der Waals surface area contributed by atoms with Crippen LogP contribution in [0, 0.1) is 0 Å². The van der Waals surface area contributed by atoms with Crippen LogP contribution in [-0.4, -0.2) is 38.7 Å². The molecule has 0 fully saturated rings. The van der Waals surface area contributed by atoms with E-state index in [-0.39, 0.29) is 41.1 Å². The Morgan fingerprint density at radius 3 is 2.50 bits per heavy atom. The average Bonchev–Trinajstić information content (AvgIpc) is 2.71. The van der Waals surface area contributed by atoms with Gasteiger partial charge in [-0.1, -0.05) is 0 Å². The van der Waals surface area contributed by atoms with Gasteiger partial charge in [0, 0.05) is 24.1 Å². The molecular formula is C20H17NO9. The Bertz CT molecular complexity index is 1150. The molecule has 0 saturated heterocycles. The van der Waals surface area contributed by atoms with E-state index in [4.69, 9.17) is 14.4 Å². The molecule has 1 heterocycles. The first-order valence-corrected chi connectivity index (χ1v) is 8.71. The number of rotatable bonds is 8. The minimum Gasteiger partial charge on any atom is -0.508 e. The van der Waals surface area contributed by atoms with Gasteiger partial charge in [0.2, 0.25) is 11.2 Å². The second-order valence-corrected chi connectivity index (χ2v) is 6.37. The summed E-state index contributed by atoms with van der Waals surface area (Å²) in [5.41, 5.74) is 1.70. The number of hydroxylamine groups is 1. The van der Waals surface area contributed by atoms with Crippen molar-refractivity contribution in [2.24, 2.45) is 0 Å². The monoisotopic (exact) mass is 415 g/mol. The van der Waals surface area contributed by atoms with E-state index < -0.39 is 28.9 Å². The molecule has 3 aromatic rings. The first kappa shape index (κ1) is 20.7. The molecule has 0 aliphatic rings. The number of phenolic OH excluding ortho intramolecular Hbond substituents is 2. The predicted molar refractivity (Wildman–Crippen MR) is 103 cm³/mol. The van der Waals surface area contributed by atoms with Crippen molar-refractivity contribution in [3.63, 3.8) is 0 Å². The number of carboxylic acid groups (broad SMARTS) is 1. The SMILES string of the molecule is O=C[C@H](CCC(=O)O)NOc1cc(O)c2c(=O)c(O)c(-c3ccc(O)cc3)oc2c1. The maximum atomic E-state index is 12.5. The van der Waals surface area contributed by atoms with E-state index in [0.717, 1.165) is 6.07 Å². The first-order valence-electron chi connectivity index (χ1n) is 8.71. The summed E-state index contributed by atoms with van der Waals surface area (Å²) in [6, 6.07) is 6.96. The average molecular weight is 415 g/mol. The molecule has 0 spiro atoms. The fourth-order valence-corrected chi connectivity index (χ4v) is 2.71. The van der Waals surface area contributed by atoms with Crippen LogP contribution in [0.4, 0.5) is 0 Å². The van der Waals surface area contributed by atoms with Gasteiger partial charge >= 0.3 is 5.97 Å². The summed E-state index contributed by atoms with van der Waals surface area (Å²) in [4.78, 5) is 39.4. The molecule has 1 atom stereocenters. The highest BCUT2D eigenvalue weighted by Gasteiger charge is 2.19. The number of fused-ring (bicyclic) bond motifs is 1. The van der Waals surface area contributed by atoms with Gasteiger partial charge in [0.25, 0.3) is 0 Å². The van der Waals surface area contributed by atoms with Crippen LogP contribution in [0.1, 0.15) is 12.8 Å².